The highest BCUT2D eigenvalue weighted by Crippen LogP contribution is 1.97. The molecule has 1 heterocycles. The number of methoxy groups -OCH3 is 1. The van der Waals surface area contributed by atoms with Crippen molar-refractivity contribution in [3.8, 4) is 0 Å². The minimum atomic E-state index is 0.771. The molecular weight excluding hydrogens is 152 g/mol. The van der Waals surface area contributed by atoms with Crippen LogP contribution in [0.3, 0.4) is 0 Å². The Morgan fingerprint density at radius 1 is 1.58 bits per heavy atom. The molecule has 0 spiro atoms. The second-order valence-electron chi connectivity index (χ2n) is 2.85. The summed E-state index contributed by atoms with van der Waals surface area (Å²) in [6.45, 7) is 2.60. The Morgan fingerprint density at radius 2 is 2.42 bits per heavy atom. The SMILES string of the molecule is COCCNCc1ccn(C)c1. The Balaban J connectivity index is 2.15. The smallest absolute Gasteiger partial charge is 0.0587 e. The van der Waals surface area contributed by atoms with Crippen LogP contribution in [-0.2, 0) is 18.3 Å². The summed E-state index contributed by atoms with van der Waals surface area (Å²) in [6, 6.07) is 2.11. The van der Waals surface area contributed by atoms with Crippen molar-refractivity contribution in [2.75, 3.05) is 20.3 Å². The van der Waals surface area contributed by atoms with E-state index in [1.54, 1.807) is 7.11 Å². The molecule has 0 unspecified atom stereocenters. The van der Waals surface area contributed by atoms with Crippen molar-refractivity contribution in [2.45, 2.75) is 6.54 Å². The Labute approximate surface area is 73.3 Å². The predicted octanol–water partition coefficient (Wildman–Crippen LogP) is 0.761. The molecule has 1 aromatic rings. The minimum Gasteiger partial charge on any atom is -0.383 e. The summed E-state index contributed by atoms with van der Waals surface area (Å²) in [5.74, 6) is 0. The van der Waals surface area contributed by atoms with Gasteiger partial charge in [-0.3, -0.25) is 0 Å². The first-order chi connectivity index (χ1) is 5.83. The lowest BCUT2D eigenvalue weighted by Crippen LogP contribution is -2.18. The molecule has 1 N–H and O–H groups in total. The number of ether oxygens (including phenoxy) is 1. The van der Waals surface area contributed by atoms with Crippen LogP contribution in [-0.4, -0.2) is 24.8 Å². The second kappa shape index (κ2) is 4.95. The average Bonchev–Trinajstić information content (AvgIpc) is 2.45. The molecule has 0 aliphatic heterocycles. The maximum absolute atomic E-state index is 4.92. The molecule has 0 bridgehead atoms. The molecule has 0 radical (unpaired) electrons. The van der Waals surface area contributed by atoms with E-state index in [-0.39, 0.29) is 0 Å². The van der Waals surface area contributed by atoms with Crippen LogP contribution in [0.5, 0.6) is 0 Å². The van der Waals surface area contributed by atoms with Gasteiger partial charge in [-0.1, -0.05) is 0 Å². The third-order valence-electron chi connectivity index (χ3n) is 1.71. The summed E-state index contributed by atoms with van der Waals surface area (Å²) in [5.41, 5.74) is 1.31. The van der Waals surface area contributed by atoms with Crippen molar-refractivity contribution in [1.29, 1.82) is 0 Å². The minimum absolute atomic E-state index is 0.771. The van der Waals surface area contributed by atoms with E-state index in [1.165, 1.54) is 5.56 Å². The maximum atomic E-state index is 4.92. The van der Waals surface area contributed by atoms with Crippen LogP contribution in [0.25, 0.3) is 0 Å². The van der Waals surface area contributed by atoms with Crippen LogP contribution in [0, 0.1) is 0 Å². The normalized spacial score (nSPS) is 10.5. The molecule has 1 rings (SSSR count). The first-order valence-electron chi connectivity index (χ1n) is 4.13. The van der Waals surface area contributed by atoms with Gasteiger partial charge in [-0.2, -0.15) is 0 Å². The van der Waals surface area contributed by atoms with Crippen LogP contribution in [0.2, 0.25) is 0 Å². The van der Waals surface area contributed by atoms with E-state index in [4.69, 9.17) is 4.74 Å². The van der Waals surface area contributed by atoms with E-state index in [1.807, 2.05) is 17.8 Å². The zero-order valence-electron chi connectivity index (χ0n) is 7.71. The summed E-state index contributed by atoms with van der Waals surface area (Å²) in [7, 11) is 3.74. The van der Waals surface area contributed by atoms with Gasteiger partial charge in [-0.15, -0.1) is 0 Å². The fourth-order valence-corrected chi connectivity index (χ4v) is 1.07. The number of hydrogen-bond acceptors (Lipinski definition) is 2. The highest BCUT2D eigenvalue weighted by atomic mass is 16.5. The molecule has 0 aromatic carbocycles. The van der Waals surface area contributed by atoms with Crippen LogP contribution in [0.1, 0.15) is 5.56 Å². The molecule has 0 saturated carbocycles. The van der Waals surface area contributed by atoms with Gasteiger partial charge in [0.1, 0.15) is 0 Å². The molecule has 1 aromatic heterocycles. The fraction of sp³-hybridized carbons (Fsp3) is 0.556. The zero-order chi connectivity index (χ0) is 8.81. The number of aryl methyl sites for hydroxylation is 1. The first kappa shape index (κ1) is 9.29. The van der Waals surface area contributed by atoms with Crippen LogP contribution in [0.15, 0.2) is 18.5 Å². The van der Waals surface area contributed by atoms with Gasteiger partial charge >= 0.3 is 0 Å². The molecule has 68 valence electrons. The van der Waals surface area contributed by atoms with Crippen molar-refractivity contribution in [3.05, 3.63) is 24.0 Å². The third kappa shape index (κ3) is 3.07. The summed E-state index contributed by atoms with van der Waals surface area (Å²) >= 11 is 0. The highest BCUT2D eigenvalue weighted by molar-refractivity contribution is 5.09. The lowest BCUT2D eigenvalue weighted by atomic mass is 10.3. The Bertz CT molecular complexity index is 220. The lowest BCUT2D eigenvalue weighted by molar-refractivity contribution is 0.199. The molecule has 0 saturated heterocycles. The van der Waals surface area contributed by atoms with Gasteiger partial charge in [0, 0.05) is 39.6 Å². The Kier molecular flexibility index (Phi) is 3.84. The standard InChI is InChI=1S/C9H16N2O/c1-11-5-3-9(8-11)7-10-4-6-12-2/h3,5,8,10H,4,6-7H2,1-2H3. The first-order valence-corrected chi connectivity index (χ1v) is 4.13. The molecule has 0 aliphatic carbocycles. The fourth-order valence-electron chi connectivity index (χ4n) is 1.07. The Morgan fingerprint density at radius 3 is 3.00 bits per heavy atom. The van der Waals surface area contributed by atoms with Crippen LogP contribution >= 0.6 is 0 Å². The monoisotopic (exact) mass is 168 g/mol. The number of nitrogens with one attached hydrogen (secondary N) is 1. The highest BCUT2D eigenvalue weighted by Gasteiger charge is 1.92. The van der Waals surface area contributed by atoms with Gasteiger partial charge < -0.3 is 14.6 Å². The largest absolute Gasteiger partial charge is 0.383 e. The summed E-state index contributed by atoms with van der Waals surface area (Å²) < 4.78 is 6.97. The number of nitrogens with zero attached hydrogens (tertiary/aromatic N) is 1. The predicted molar refractivity (Wildman–Crippen MR) is 49.0 cm³/mol. The van der Waals surface area contributed by atoms with E-state index in [9.17, 15) is 0 Å². The van der Waals surface area contributed by atoms with Crippen molar-refractivity contribution in [2.24, 2.45) is 7.05 Å². The van der Waals surface area contributed by atoms with Gasteiger partial charge in [-0.25, -0.2) is 0 Å². The third-order valence-corrected chi connectivity index (χ3v) is 1.71. The molecule has 0 atom stereocenters. The number of rotatable bonds is 5. The molecule has 0 aliphatic rings. The molecule has 3 heteroatoms. The molecule has 0 amide bonds. The summed E-state index contributed by atoms with van der Waals surface area (Å²) in [4.78, 5) is 0. The summed E-state index contributed by atoms with van der Waals surface area (Å²) in [5, 5.41) is 3.28. The van der Waals surface area contributed by atoms with Crippen LogP contribution < -0.4 is 5.32 Å². The molecule has 0 fully saturated rings. The topological polar surface area (TPSA) is 26.2 Å². The molecule has 12 heavy (non-hydrogen) atoms. The summed E-state index contributed by atoms with van der Waals surface area (Å²) in [6.07, 6.45) is 4.16. The van der Waals surface area contributed by atoms with Gasteiger partial charge in [-0.05, 0) is 11.6 Å². The van der Waals surface area contributed by atoms with E-state index < -0.39 is 0 Å². The van der Waals surface area contributed by atoms with E-state index in [2.05, 4.69) is 17.6 Å². The van der Waals surface area contributed by atoms with Gasteiger partial charge in [0.2, 0.25) is 0 Å². The van der Waals surface area contributed by atoms with Crippen molar-refractivity contribution < 1.29 is 4.74 Å². The molecular formula is C9H16N2O. The zero-order valence-corrected chi connectivity index (χ0v) is 7.71. The second-order valence-corrected chi connectivity index (χ2v) is 2.85. The van der Waals surface area contributed by atoms with Gasteiger partial charge in [0.25, 0.3) is 0 Å². The molecule has 3 nitrogen and oxygen atoms in total. The Hall–Kier alpha value is -0.800. The lowest BCUT2D eigenvalue weighted by Gasteiger charge is -2.00. The average molecular weight is 168 g/mol. The quantitative estimate of drug-likeness (QED) is 0.657. The number of hydrogen-bond donors (Lipinski definition) is 1. The van der Waals surface area contributed by atoms with E-state index in [0.717, 1.165) is 19.7 Å². The number of aromatic nitrogens is 1. The maximum Gasteiger partial charge on any atom is 0.0587 e. The van der Waals surface area contributed by atoms with E-state index in [0.29, 0.717) is 0 Å². The van der Waals surface area contributed by atoms with Crippen molar-refractivity contribution >= 4 is 0 Å². The van der Waals surface area contributed by atoms with Crippen molar-refractivity contribution in [1.82, 2.24) is 9.88 Å². The van der Waals surface area contributed by atoms with E-state index >= 15 is 0 Å². The van der Waals surface area contributed by atoms with Crippen molar-refractivity contribution in [3.63, 3.8) is 0 Å². The van der Waals surface area contributed by atoms with Crippen LogP contribution in [0.4, 0.5) is 0 Å². The van der Waals surface area contributed by atoms with Gasteiger partial charge in [0.05, 0.1) is 6.61 Å². The van der Waals surface area contributed by atoms with Gasteiger partial charge in [0.15, 0.2) is 0 Å².